The molecule has 4 atom stereocenters. The van der Waals surface area contributed by atoms with Gasteiger partial charge in [-0.2, -0.15) is 0 Å². The van der Waals surface area contributed by atoms with Crippen molar-refractivity contribution in [1.29, 1.82) is 0 Å². The van der Waals surface area contributed by atoms with Crippen LogP contribution in [0.15, 0.2) is 41.1 Å². The van der Waals surface area contributed by atoms with E-state index in [1.165, 1.54) is 4.90 Å². The largest absolute Gasteiger partial charge is 0.471 e. The van der Waals surface area contributed by atoms with E-state index in [9.17, 15) is 14.7 Å². The van der Waals surface area contributed by atoms with Crippen LogP contribution in [0, 0.1) is 12.3 Å². The molecule has 0 aliphatic carbocycles. The third kappa shape index (κ3) is 5.35. The van der Waals surface area contributed by atoms with Crippen molar-refractivity contribution in [2.75, 3.05) is 13.3 Å². The first-order valence-electron chi connectivity index (χ1n) is 11.9. The smallest absolute Gasteiger partial charge is 0.243 e. The second-order valence-corrected chi connectivity index (χ2v) is 10.4. The van der Waals surface area contributed by atoms with E-state index in [1.807, 2.05) is 58.2 Å². The van der Waals surface area contributed by atoms with Crippen LogP contribution in [0.5, 0.6) is 0 Å². The summed E-state index contributed by atoms with van der Waals surface area (Å²) in [4.78, 5) is 28.5. The molecule has 3 N–H and O–H groups in total. The number of hydrogen-bond acceptors (Lipinski definition) is 7. The number of nitrogens with zero attached hydrogens (tertiary/aromatic N) is 2. The predicted molar refractivity (Wildman–Crippen MR) is 130 cm³/mol. The molecule has 188 valence electrons. The molecule has 35 heavy (non-hydrogen) atoms. The summed E-state index contributed by atoms with van der Waals surface area (Å²) >= 11 is 0. The SMILES string of the molecule is Cc1cc([C@H](C(=O)N2C[C@H](O)C[C@H]2C(=O)N[C@@H](C)c2ccc(C3=CNCO3)cc2)C(C)(C)C)on1. The number of carbonyl (C=O) groups is 2. The highest BCUT2D eigenvalue weighted by Gasteiger charge is 2.46. The minimum atomic E-state index is -0.769. The molecule has 1 fully saturated rings. The van der Waals surface area contributed by atoms with Gasteiger partial charge >= 0.3 is 0 Å². The molecule has 0 radical (unpaired) electrons. The molecule has 0 bridgehead atoms. The molecule has 9 nitrogen and oxygen atoms in total. The Bertz CT molecular complexity index is 1100. The summed E-state index contributed by atoms with van der Waals surface area (Å²) < 4.78 is 10.9. The lowest BCUT2D eigenvalue weighted by Gasteiger charge is -2.33. The summed E-state index contributed by atoms with van der Waals surface area (Å²) in [5.41, 5.74) is 2.09. The van der Waals surface area contributed by atoms with Crippen LogP contribution in [0.3, 0.4) is 0 Å². The summed E-state index contributed by atoms with van der Waals surface area (Å²) in [6.07, 6.45) is 1.24. The molecule has 1 aromatic heterocycles. The first-order valence-corrected chi connectivity index (χ1v) is 11.9. The summed E-state index contributed by atoms with van der Waals surface area (Å²) in [7, 11) is 0. The number of aliphatic hydroxyl groups is 1. The Balaban J connectivity index is 1.48. The first-order chi connectivity index (χ1) is 16.5. The maximum atomic E-state index is 13.7. The second kappa shape index (κ2) is 9.73. The van der Waals surface area contributed by atoms with Crippen LogP contribution in [-0.4, -0.2) is 52.4 Å². The summed E-state index contributed by atoms with van der Waals surface area (Å²) in [5, 5.41) is 20.3. The first kappa shape index (κ1) is 24.8. The van der Waals surface area contributed by atoms with Crippen LogP contribution in [0.2, 0.25) is 0 Å². The van der Waals surface area contributed by atoms with Gasteiger partial charge in [-0.25, -0.2) is 0 Å². The van der Waals surface area contributed by atoms with E-state index in [-0.39, 0.29) is 30.8 Å². The van der Waals surface area contributed by atoms with Crippen LogP contribution >= 0.6 is 0 Å². The predicted octanol–water partition coefficient (Wildman–Crippen LogP) is 2.83. The third-order valence-corrected chi connectivity index (χ3v) is 6.51. The van der Waals surface area contributed by atoms with Crippen molar-refractivity contribution in [1.82, 2.24) is 20.7 Å². The molecule has 2 aliphatic heterocycles. The summed E-state index contributed by atoms with van der Waals surface area (Å²) in [6, 6.07) is 8.48. The number of benzene rings is 1. The van der Waals surface area contributed by atoms with Crippen LogP contribution in [0.1, 0.15) is 68.7 Å². The zero-order valence-corrected chi connectivity index (χ0v) is 20.9. The standard InChI is InChI=1S/C26H34N4O5/c1-15-10-21(35-29-15)23(26(3,4)5)25(33)30-13-19(31)11-20(30)24(32)28-16(2)17-6-8-18(9-7-17)22-12-27-14-34-22/h6-10,12,16,19-20,23,27,31H,11,13-14H2,1-5H3,(H,28,32)/t16-,19+,20-,23+/m0/s1. The molecule has 3 heterocycles. The Morgan fingerprint density at radius 2 is 1.97 bits per heavy atom. The van der Waals surface area contributed by atoms with E-state index in [0.29, 0.717) is 18.2 Å². The van der Waals surface area contributed by atoms with Gasteiger partial charge in [0.25, 0.3) is 0 Å². The van der Waals surface area contributed by atoms with Gasteiger partial charge in [-0.05, 0) is 24.8 Å². The number of likely N-dealkylation sites (tertiary alicyclic amines) is 1. The molecule has 2 aliphatic rings. The zero-order chi connectivity index (χ0) is 25.3. The number of aliphatic hydroxyl groups excluding tert-OH is 1. The van der Waals surface area contributed by atoms with Gasteiger partial charge in [0.05, 0.1) is 17.8 Å². The summed E-state index contributed by atoms with van der Waals surface area (Å²) in [5.74, 6) is 0.0684. The van der Waals surface area contributed by atoms with Crippen molar-refractivity contribution in [3.63, 3.8) is 0 Å². The Morgan fingerprint density at radius 1 is 1.26 bits per heavy atom. The van der Waals surface area contributed by atoms with Gasteiger partial charge < -0.3 is 29.9 Å². The minimum absolute atomic E-state index is 0.100. The molecule has 1 aromatic carbocycles. The normalized spacial score (nSPS) is 21.7. The summed E-state index contributed by atoms with van der Waals surface area (Å²) in [6.45, 7) is 10.1. The van der Waals surface area contributed by atoms with Crippen molar-refractivity contribution in [2.24, 2.45) is 5.41 Å². The van der Waals surface area contributed by atoms with Crippen molar-refractivity contribution in [2.45, 2.75) is 65.1 Å². The molecule has 0 unspecified atom stereocenters. The molecule has 1 saturated heterocycles. The van der Waals surface area contributed by atoms with E-state index >= 15 is 0 Å². The molecule has 2 amide bonds. The lowest BCUT2D eigenvalue weighted by atomic mass is 9.78. The molecule has 0 saturated carbocycles. The number of rotatable bonds is 6. The molecule has 2 aromatic rings. The van der Waals surface area contributed by atoms with Crippen molar-refractivity contribution in [3.05, 3.63) is 59.1 Å². The molecular formula is C26H34N4O5. The third-order valence-electron chi connectivity index (χ3n) is 6.51. The fraction of sp³-hybridized carbons (Fsp3) is 0.500. The highest BCUT2D eigenvalue weighted by Crippen LogP contribution is 2.38. The van der Waals surface area contributed by atoms with Gasteiger partial charge in [-0.15, -0.1) is 0 Å². The van der Waals surface area contributed by atoms with E-state index in [2.05, 4.69) is 15.8 Å². The van der Waals surface area contributed by atoms with Gasteiger partial charge in [0.15, 0.2) is 6.73 Å². The van der Waals surface area contributed by atoms with Gasteiger partial charge in [0.2, 0.25) is 11.8 Å². The average Bonchev–Trinajstić information content (AvgIpc) is 3.54. The fourth-order valence-corrected chi connectivity index (χ4v) is 4.70. The quantitative estimate of drug-likeness (QED) is 0.580. The van der Waals surface area contributed by atoms with Crippen molar-refractivity contribution < 1.29 is 24.0 Å². The number of amides is 2. The average molecular weight is 483 g/mol. The monoisotopic (exact) mass is 482 g/mol. The Morgan fingerprint density at radius 3 is 2.54 bits per heavy atom. The van der Waals surface area contributed by atoms with Crippen molar-refractivity contribution >= 4 is 17.6 Å². The van der Waals surface area contributed by atoms with Gasteiger partial charge in [0, 0.05) is 30.8 Å². The molecule has 0 spiro atoms. The number of carbonyl (C=O) groups excluding carboxylic acids is 2. The van der Waals surface area contributed by atoms with E-state index in [4.69, 9.17) is 9.26 Å². The molecular weight excluding hydrogens is 448 g/mol. The fourth-order valence-electron chi connectivity index (χ4n) is 4.70. The number of nitrogens with one attached hydrogen (secondary N) is 2. The minimum Gasteiger partial charge on any atom is -0.471 e. The number of hydrogen-bond donors (Lipinski definition) is 3. The van der Waals surface area contributed by atoms with Crippen LogP contribution in [0.4, 0.5) is 0 Å². The number of aryl methyl sites for hydroxylation is 1. The van der Waals surface area contributed by atoms with E-state index in [0.717, 1.165) is 16.9 Å². The van der Waals surface area contributed by atoms with Gasteiger partial charge in [0.1, 0.15) is 23.5 Å². The van der Waals surface area contributed by atoms with Crippen LogP contribution < -0.4 is 10.6 Å². The Kier molecular flexibility index (Phi) is 6.89. The topological polar surface area (TPSA) is 117 Å². The lowest BCUT2D eigenvalue weighted by molar-refractivity contribution is -0.142. The van der Waals surface area contributed by atoms with Gasteiger partial charge in [-0.3, -0.25) is 9.59 Å². The van der Waals surface area contributed by atoms with Crippen molar-refractivity contribution in [3.8, 4) is 0 Å². The number of β-amino-alcohol motifs (C(OH)–C–C–N with tert-alkyl or cyclic N) is 1. The molecule has 9 heteroatoms. The van der Waals surface area contributed by atoms with Crippen LogP contribution in [-0.2, 0) is 14.3 Å². The lowest BCUT2D eigenvalue weighted by Crippen LogP contribution is -2.49. The Hall–Kier alpha value is -3.33. The maximum absolute atomic E-state index is 13.7. The van der Waals surface area contributed by atoms with Gasteiger partial charge in [-0.1, -0.05) is 50.2 Å². The van der Waals surface area contributed by atoms with Crippen LogP contribution in [0.25, 0.3) is 5.76 Å². The highest BCUT2D eigenvalue weighted by atomic mass is 16.5. The maximum Gasteiger partial charge on any atom is 0.243 e. The second-order valence-electron chi connectivity index (χ2n) is 10.4. The Labute approximate surface area is 205 Å². The van der Waals surface area contributed by atoms with E-state index in [1.54, 1.807) is 13.0 Å². The number of aromatic nitrogens is 1. The number of ether oxygens (including phenoxy) is 1. The molecule has 4 rings (SSSR count). The highest BCUT2D eigenvalue weighted by molar-refractivity contribution is 5.91. The zero-order valence-electron chi connectivity index (χ0n) is 20.9. The van der Waals surface area contributed by atoms with E-state index < -0.39 is 23.5 Å².